The Balaban J connectivity index is 3.04. The Bertz CT molecular complexity index is 237. The van der Waals surface area contributed by atoms with Crippen LogP contribution in [0.4, 0.5) is 11.6 Å². The van der Waals surface area contributed by atoms with E-state index in [0.717, 1.165) is 0 Å². The molecule has 5 heteroatoms. The Kier molecular flexibility index (Phi) is 1.57. The molecule has 1 aromatic rings. The van der Waals surface area contributed by atoms with Gasteiger partial charge in [0.05, 0.1) is 13.3 Å². The highest BCUT2D eigenvalue weighted by Crippen LogP contribution is 2.11. The van der Waals surface area contributed by atoms with Crippen molar-refractivity contribution in [3.05, 3.63) is 6.20 Å². The van der Waals surface area contributed by atoms with Crippen LogP contribution in [-0.4, -0.2) is 17.1 Å². The minimum Gasteiger partial charge on any atom is -0.480 e. The molecule has 54 valence electrons. The van der Waals surface area contributed by atoms with Gasteiger partial charge in [0.2, 0.25) is 5.88 Å². The van der Waals surface area contributed by atoms with Crippen LogP contribution in [-0.2, 0) is 0 Å². The molecule has 1 rings (SSSR count). The lowest BCUT2D eigenvalue weighted by Gasteiger charge is -1.99. The second-order valence-corrected chi connectivity index (χ2v) is 1.68. The summed E-state index contributed by atoms with van der Waals surface area (Å²) >= 11 is 0. The van der Waals surface area contributed by atoms with Crippen molar-refractivity contribution < 1.29 is 4.74 Å². The summed E-state index contributed by atoms with van der Waals surface area (Å²) in [5, 5.41) is 0. The predicted molar refractivity (Wildman–Crippen MR) is 37.4 cm³/mol. The third kappa shape index (κ3) is 1.07. The van der Waals surface area contributed by atoms with Crippen LogP contribution in [0.1, 0.15) is 0 Å². The third-order valence-electron chi connectivity index (χ3n) is 1.02. The highest BCUT2D eigenvalue weighted by Gasteiger charge is 1.98. The van der Waals surface area contributed by atoms with Crippen molar-refractivity contribution >= 4 is 11.6 Å². The number of rotatable bonds is 1. The lowest BCUT2D eigenvalue weighted by atomic mass is 10.6. The molecule has 1 aromatic heterocycles. The maximum atomic E-state index is 5.32. The summed E-state index contributed by atoms with van der Waals surface area (Å²) in [7, 11) is 1.49. The van der Waals surface area contributed by atoms with Gasteiger partial charge in [-0.1, -0.05) is 0 Å². The van der Waals surface area contributed by atoms with Gasteiger partial charge in [-0.2, -0.15) is 4.98 Å². The van der Waals surface area contributed by atoms with Gasteiger partial charge in [-0.05, 0) is 0 Å². The Labute approximate surface area is 58.0 Å². The van der Waals surface area contributed by atoms with Gasteiger partial charge in [0.15, 0.2) is 11.6 Å². The van der Waals surface area contributed by atoms with Crippen LogP contribution in [0.2, 0.25) is 0 Å². The highest BCUT2D eigenvalue weighted by atomic mass is 16.5. The molecule has 0 atom stereocenters. The molecule has 0 radical (unpaired) electrons. The van der Waals surface area contributed by atoms with E-state index >= 15 is 0 Å². The number of ether oxygens (including phenoxy) is 1. The standard InChI is InChI=1S/C5H8N4O/c1-10-3-2-8-4(6)5(7)9-3/h2H,1H3,(H2,6,8)(H2,7,9). The number of nitrogen functional groups attached to an aromatic ring is 2. The molecule has 0 aliphatic carbocycles. The second kappa shape index (κ2) is 2.38. The average molecular weight is 140 g/mol. The first kappa shape index (κ1) is 6.60. The normalized spacial score (nSPS) is 9.30. The predicted octanol–water partition coefficient (Wildman–Crippen LogP) is -0.350. The van der Waals surface area contributed by atoms with Crippen molar-refractivity contribution in [2.45, 2.75) is 0 Å². The van der Waals surface area contributed by atoms with E-state index in [1.54, 1.807) is 0 Å². The summed E-state index contributed by atoms with van der Waals surface area (Å²) in [5.74, 6) is 0.784. The van der Waals surface area contributed by atoms with Crippen molar-refractivity contribution in [1.82, 2.24) is 9.97 Å². The molecule has 0 spiro atoms. The Hall–Kier alpha value is -1.52. The van der Waals surface area contributed by atoms with Gasteiger partial charge >= 0.3 is 0 Å². The maximum Gasteiger partial charge on any atom is 0.234 e. The number of nitrogens with two attached hydrogens (primary N) is 2. The van der Waals surface area contributed by atoms with Crippen LogP contribution >= 0.6 is 0 Å². The monoisotopic (exact) mass is 140 g/mol. The van der Waals surface area contributed by atoms with E-state index in [2.05, 4.69) is 9.97 Å². The van der Waals surface area contributed by atoms with Gasteiger partial charge in [0.1, 0.15) is 0 Å². The molecule has 0 unspecified atom stereocenters. The molecule has 0 aliphatic rings. The molecule has 0 aromatic carbocycles. The Morgan fingerprint density at radius 2 is 2.10 bits per heavy atom. The molecule has 0 aliphatic heterocycles. The van der Waals surface area contributed by atoms with Crippen molar-refractivity contribution in [1.29, 1.82) is 0 Å². The van der Waals surface area contributed by atoms with Crippen LogP contribution in [0, 0.1) is 0 Å². The molecule has 0 amide bonds. The van der Waals surface area contributed by atoms with Crippen LogP contribution in [0.3, 0.4) is 0 Å². The number of nitrogens with zero attached hydrogens (tertiary/aromatic N) is 2. The van der Waals surface area contributed by atoms with E-state index in [9.17, 15) is 0 Å². The molecule has 0 fully saturated rings. The number of hydrogen-bond acceptors (Lipinski definition) is 5. The maximum absolute atomic E-state index is 5.32. The second-order valence-electron chi connectivity index (χ2n) is 1.68. The molecule has 0 saturated carbocycles. The number of aromatic nitrogens is 2. The van der Waals surface area contributed by atoms with Gasteiger partial charge in [-0.15, -0.1) is 0 Å². The van der Waals surface area contributed by atoms with Gasteiger partial charge in [-0.3, -0.25) is 0 Å². The molecule has 10 heavy (non-hydrogen) atoms. The average Bonchev–Trinajstić information content (AvgIpc) is 1.95. The fourth-order valence-electron chi connectivity index (χ4n) is 0.494. The molecular weight excluding hydrogens is 132 g/mol. The highest BCUT2D eigenvalue weighted by molar-refractivity contribution is 5.52. The summed E-state index contributed by atoms with van der Waals surface area (Å²) in [6, 6.07) is 0. The van der Waals surface area contributed by atoms with E-state index in [-0.39, 0.29) is 11.6 Å². The van der Waals surface area contributed by atoms with E-state index in [0.29, 0.717) is 5.88 Å². The summed E-state index contributed by atoms with van der Waals surface area (Å²) in [6.07, 6.45) is 1.41. The Morgan fingerprint density at radius 1 is 1.40 bits per heavy atom. The Morgan fingerprint density at radius 3 is 2.60 bits per heavy atom. The summed E-state index contributed by atoms with van der Waals surface area (Å²) < 4.78 is 4.74. The minimum atomic E-state index is 0.194. The number of methoxy groups -OCH3 is 1. The first-order valence-corrected chi connectivity index (χ1v) is 2.66. The lowest BCUT2D eigenvalue weighted by molar-refractivity contribution is 0.396. The van der Waals surface area contributed by atoms with E-state index in [1.807, 2.05) is 0 Å². The topological polar surface area (TPSA) is 87.0 Å². The molecular formula is C5H8N4O. The molecule has 1 heterocycles. The van der Waals surface area contributed by atoms with Crippen LogP contribution in [0.15, 0.2) is 6.20 Å². The lowest BCUT2D eigenvalue weighted by Crippen LogP contribution is -2.01. The smallest absolute Gasteiger partial charge is 0.234 e. The van der Waals surface area contributed by atoms with E-state index in [4.69, 9.17) is 16.2 Å². The summed E-state index contributed by atoms with van der Waals surface area (Å²) in [6.45, 7) is 0. The summed E-state index contributed by atoms with van der Waals surface area (Å²) in [4.78, 5) is 7.47. The van der Waals surface area contributed by atoms with Crippen LogP contribution in [0.5, 0.6) is 5.88 Å². The third-order valence-corrected chi connectivity index (χ3v) is 1.02. The van der Waals surface area contributed by atoms with Crippen LogP contribution in [0.25, 0.3) is 0 Å². The minimum absolute atomic E-state index is 0.194. The van der Waals surface area contributed by atoms with E-state index < -0.39 is 0 Å². The van der Waals surface area contributed by atoms with Crippen molar-refractivity contribution in [2.24, 2.45) is 0 Å². The largest absolute Gasteiger partial charge is 0.480 e. The fraction of sp³-hybridized carbons (Fsp3) is 0.200. The zero-order chi connectivity index (χ0) is 7.56. The molecule has 5 nitrogen and oxygen atoms in total. The SMILES string of the molecule is COc1cnc(N)c(N)n1. The zero-order valence-electron chi connectivity index (χ0n) is 5.53. The van der Waals surface area contributed by atoms with Crippen molar-refractivity contribution in [3.63, 3.8) is 0 Å². The van der Waals surface area contributed by atoms with Gasteiger partial charge < -0.3 is 16.2 Å². The first-order valence-electron chi connectivity index (χ1n) is 2.66. The first-order chi connectivity index (χ1) is 4.74. The van der Waals surface area contributed by atoms with Crippen molar-refractivity contribution in [2.75, 3.05) is 18.6 Å². The number of hydrogen-bond donors (Lipinski definition) is 2. The molecule has 4 N–H and O–H groups in total. The molecule has 0 saturated heterocycles. The van der Waals surface area contributed by atoms with Gasteiger partial charge in [-0.25, -0.2) is 4.98 Å². The quantitative estimate of drug-likeness (QED) is 0.556. The zero-order valence-corrected chi connectivity index (χ0v) is 5.53. The van der Waals surface area contributed by atoms with E-state index in [1.165, 1.54) is 13.3 Å². The van der Waals surface area contributed by atoms with Crippen LogP contribution < -0.4 is 16.2 Å². The van der Waals surface area contributed by atoms with Gasteiger partial charge in [0, 0.05) is 0 Å². The number of anilines is 2. The van der Waals surface area contributed by atoms with Gasteiger partial charge in [0.25, 0.3) is 0 Å². The van der Waals surface area contributed by atoms with Crippen molar-refractivity contribution in [3.8, 4) is 5.88 Å². The fourth-order valence-corrected chi connectivity index (χ4v) is 0.494. The summed E-state index contributed by atoms with van der Waals surface area (Å²) in [5.41, 5.74) is 10.6. The molecule has 0 bridgehead atoms.